The van der Waals surface area contributed by atoms with E-state index in [-0.39, 0.29) is 11.9 Å². The van der Waals surface area contributed by atoms with Gasteiger partial charge in [-0.2, -0.15) is 0 Å². The normalized spacial score (nSPS) is 12.0. The Hall–Kier alpha value is -3.22. The van der Waals surface area contributed by atoms with Gasteiger partial charge in [0.05, 0.1) is 12.0 Å². The average molecular weight is 364 g/mol. The summed E-state index contributed by atoms with van der Waals surface area (Å²) in [6.07, 6.45) is 6.90. The lowest BCUT2D eigenvalue weighted by Gasteiger charge is -2.14. The summed E-state index contributed by atoms with van der Waals surface area (Å²) in [6, 6.07) is 9.76. The number of rotatable bonds is 7. The first kappa shape index (κ1) is 18.6. The Morgan fingerprint density at radius 2 is 1.93 bits per heavy atom. The molecule has 0 radical (unpaired) electrons. The molecule has 0 bridgehead atoms. The number of nitrogens with zero attached hydrogens (tertiary/aromatic N) is 4. The lowest BCUT2D eigenvalue weighted by atomic mass is 10.1. The molecule has 140 valence electrons. The molecule has 1 amide bonds. The molecule has 27 heavy (non-hydrogen) atoms. The van der Waals surface area contributed by atoms with E-state index < -0.39 is 0 Å². The van der Waals surface area contributed by atoms with Crippen LogP contribution in [0.5, 0.6) is 0 Å². The molecule has 0 fully saturated rings. The Morgan fingerprint density at radius 1 is 1.15 bits per heavy atom. The molecular formula is C20H24N6O. The van der Waals surface area contributed by atoms with Crippen molar-refractivity contribution >= 4 is 11.7 Å². The third-order valence-corrected chi connectivity index (χ3v) is 4.14. The molecule has 2 aromatic heterocycles. The Balaban J connectivity index is 1.63. The summed E-state index contributed by atoms with van der Waals surface area (Å²) in [5, 5.41) is 6.22. The zero-order chi connectivity index (χ0) is 19.2. The van der Waals surface area contributed by atoms with Crippen molar-refractivity contribution in [2.24, 2.45) is 0 Å². The van der Waals surface area contributed by atoms with Crippen molar-refractivity contribution < 1.29 is 4.79 Å². The van der Waals surface area contributed by atoms with Crippen LogP contribution in [0.3, 0.4) is 0 Å². The number of carbonyl (C=O) groups is 1. The molecule has 3 aromatic rings. The molecule has 2 heterocycles. The summed E-state index contributed by atoms with van der Waals surface area (Å²) in [4.78, 5) is 24.9. The molecule has 0 saturated heterocycles. The molecule has 0 aliphatic heterocycles. The maximum Gasteiger partial charge on any atom is 0.251 e. The maximum absolute atomic E-state index is 12.4. The molecule has 2 N–H and O–H groups in total. The molecule has 0 saturated carbocycles. The van der Waals surface area contributed by atoms with Gasteiger partial charge in [0, 0.05) is 48.2 Å². The van der Waals surface area contributed by atoms with Crippen LogP contribution in [0, 0.1) is 0 Å². The highest BCUT2D eigenvalue weighted by atomic mass is 16.1. The van der Waals surface area contributed by atoms with Crippen LogP contribution >= 0.6 is 0 Å². The van der Waals surface area contributed by atoms with Gasteiger partial charge in [0.15, 0.2) is 0 Å². The quantitative estimate of drug-likeness (QED) is 0.673. The van der Waals surface area contributed by atoms with Gasteiger partial charge in [0.2, 0.25) is 0 Å². The van der Waals surface area contributed by atoms with Crippen LogP contribution in [0.4, 0.5) is 5.82 Å². The second kappa shape index (κ2) is 8.44. The largest absolute Gasteiger partial charge is 0.368 e. The number of anilines is 1. The fraction of sp³-hybridized carbons (Fsp3) is 0.300. The van der Waals surface area contributed by atoms with Crippen molar-refractivity contribution in [2.75, 3.05) is 11.9 Å². The van der Waals surface area contributed by atoms with Crippen molar-refractivity contribution in [3.63, 3.8) is 0 Å². The standard InChI is InChI=1S/C20H24N6O/c1-14(2)25-19-10-18(23-12-24-19)16-4-6-17(7-5-16)20(27)22-11-15(3)26-9-8-21-13-26/h4-10,12-15H,11H2,1-3H3,(H,22,27)(H,23,24,25)/t15-/m0/s1. The van der Waals surface area contributed by atoms with E-state index in [4.69, 9.17) is 0 Å². The highest BCUT2D eigenvalue weighted by molar-refractivity contribution is 5.94. The first-order chi connectivity index (χ1) is 13.0. The van der Waals surface area contributed by atoms with E-state index in [1.807, 2.05) is 48.0 Å². The third-order valence-electron chi connectivity index (χ3n) is 4.14. The third kappa shape index (κ3) is 4.91. The molecule has 0 aliphatic carbocycles. The minimum absolute atomic E-state index is 0.0987. The fourth-order valence-electron chi connectivity index (χ4n) is 2.66. The molecule has 7 heteroatoms. The number of carbonyl (C=O) groups excluding carboxylic acids is 1. The lowest BCUT2D eigenvalue weighted by Crippen LogP contribution is -2.29. The van der Waals surface area contributed by atoms with Crippen molar-refractivity contribution in [3.05, 3.63) is 60.9 Å². The second-order valence-corrected chi connectivity index (χ2v) is 6.73. The first-order valence-corrected chi connectivity index (χ1v) is 8.97. The molecule has 1 atom stereocenters. The summed E-state index contributed by atoms with van der Waals surface area (Å²) < 4.78 is 1.96. The van der Waals surface area contributed by atoms with E-state index in [1.165, 1.54) is 6.33 Å². The molecule has 0 aliphatic rings. The van der Waals surface area contributed by atoms with Crippen molar-refractivity contribution in [1.29, 1.82) is 0 Å². The van der Waals surface area contributed by atoms with Crippen LogP contribution in [0.15, 0.2) is 55.4 Å². The van der Waals surface area contributed by atoms with Gasteiger partial charge < -0.3 is 15.2 Å². The van der Waals surface area contributed by atoms with Gasteiger partial charge in [-0.1, -0.05) is 12.1 Å². The number of aromatic nitrogens is 4. The van der Waals surface area contributed by atoms with Crippen molar-refractivity contribution in [1.82, 2.24) is 24.8 Å². The van der Waals surface area contributed by atoms with Crippen molar-refractivity contribution in [3.8, 4) is 11.3 Å². The Bertz CT molecular complexity index is 874. The van der Waals surface area contributed by atoms with E-state index in [0.717, 1.165) is 17.1 Å². The predicted molar refractivity (Wildman–Crippen MR) is 105 cm³/mol. The Morgan fingerprint density at radius 3 is 2.59 bits per heavy atom. The number of amides is 1. The van der Waals surface area contributed by atoms with Gasteiger partial charge in [-0.15, -0.1) is 0 Å². The molecule has 0 unspecified atom stereocenters. The van der Waals surface area contributed by atoms with E-state index in [9.17, 15) is 4.79 Å². The van der Waals surface area contributed by atoms with Crippen LogP contribution in [0.1, 0.15) is 37.2 Å². The highest BCUT2D eigenvalue weighted by Crippen LogP contribution is 2.19. The van der Waals surface area contributed by atoms with Crippen LogP contribution in [0.25, 0.3) is 11.3 Å². The van der Waals surface area contributed by atoms with Crippen molar-refractivity contribution in [2.45, 2.75) is 32.9 Å². The van der Waals surface area contributed by atoms with Gasteiger partial charge in [-0.3, -0.25) is 4.79 Å². The molecule has 3 rings (SSSR count). The summed E-state index contributed by atoms with van der Waals surface area (Å²) in [5.74, 6) is 0.684. The Labute approximate surface area is 158 Å². The minimum atomic E-state index is -0.0987. The van der Waals surface area contributed by atoms with E-state index in [1.54, 1.807) is 12.5 Å². The highest BCUT2D eigenvalue weighted by Gasteiger charge is 2.10. The van der Waals surface area contributed by atoms with Crippen LogP contribution in [-0.2, 0) is 0 Å². The monoisotopic (exact) mass is 364 g/mol. The van der Waals surface area contributed by atoms with E-state index in [0.29, 0.717) is 18.2 Å². The smallest absolute Gasteiger partial charge is 0.251 e. The zero-order valence-corrected chi connectivity index (χ0v) is 15.8. The number of hydrogen-bond acceptors (Lipinski definition) is 5. The van der Waals surface area contributed by atoms with Gasteiger partial charge in [-0.25, -0.2) is 15.0 Å². The van der Waals surface area contributed by atoms with Gasteiger partial charge in [-0.05, 0) is 32.9 Å². The van der Waals surface area contributed by atoms with E-state index in [2.05, 4.69) is 39.4 Å². The number of nitrogens with one attached hydrogen (secondary N) is 2. The summed E-state index contributed by atoms with van der Waals surface area (Å²) >= 11 is 0. The topological polar surface area (TPSA) is 84.7 Å². The lowest BCUT2D eigenvalue weighted by molar-refractivity contribution is 0.0948. The average Bonchev–Trinajstić information content (AvgIpc) is 3.20. The van der Waals surface area contributed by atoms with Crippen LogP contribution in [-0.4, -0.2) is 38.0 Å². The summed E-state index contributed by atoms with van der Waals surface area (Å²) in [6.45, 7) is 6.68. The maximum atomic E-state index is 12.4. The summed E-state index contributed by atoms with van der Waals surface area (Å²) in [7, 11) is 0. The molecule has 0 spiro atoms. The minimum Gasteiger partial charge on any atom is -0.368 e. The second-order valence-electron chi connectivity index (χ2n) is 6.73. The Kier molecular flexibility index (Phi) is 5.80. The van der Waals surface area contributed by atoms with Gasteiger partial charge >= 0.3 is 0 Å². The number of imidazole rings is 1. The van der Waals surface area contributed by atoms with Crippen LogP contribution < -0.4 is 10.6 Å². The molecule has 1 aromatic carbocycles. The fourth-order valence-corrected chi connectivity index (χ4v) is 2.66. The van der Waals surface area contributed by atoms with Crippen LogP contribution in [0.2, 0.25) is 0 Å². The molecular weight excluding hydrogens is 340 g/mol. The first-order valence-electron chi connectivity index (χ1n) is 8.97. The number of benzene rings is 1. The van der Waals surface area contributed by atoms with Gasteiger partial charge in [0.1, 0.15) is 12.1 Å². The SMILES string of the molecule is CC(C)Nc1cc(-c2ccc(C(=O)NC[C@H](C)n3ccnc3)cc2)ncn1. The number of hydrogen-bond donors (Lipinski definition) is 2. The van der Waals surface area contributed by atoms with E-state index >= 15 is 0 Å². The molecule has 7 nitrogen and oxygen atoms in total. The zero-order valence-electron chi connectivity index (χ0n) is 15.8. The predicted octanol–water partition coefficient (Wildman–Crippen LogP) is 3.15. The van der Waals surface area contributed by atoms with Gasteiger partial charge in [0.25, 0.3) is 5.91 Å². The summed E-state index contributed by atoms with van der Waals surface area (Å²) in [5.41, 5.74) is 2.37.